The minimum atomic E-state index is -0.293. The molecule has 138 valence electrons. The second-order valence-electron chi connectivity index (χ2n) is 5.94. The Morgan fingerprint density at radius 1 is 1.08 bits per heavy atom. The van der Waals surface area contributed by atoms with Gasteiger partial charge < -0.3 is 14.8 Å². The van der Waals surface area contributed by atoms with E-state index in [1.807, 2.05) is 32.0 Å². The van der Waals surface area contributed by atoms with E-state index in [4.69, 9.17) is 9.47 Å². The van der Waals surface area contributed by atoms with Crippen molar-refractivity contribution in [3.63, 3.8) is 0 Å². The summed E-state index contributed by atoms with van der Waals surface area (Å²) in [6, 6.07) is 10.8. The zero-order valence-corrected chi connectivity index (χ0v) is 15.8. The molecule has 2 aromatic rings. The minimum Gasteiger partial charge on any atom is -0.497 e. The van der Waals surface area contributed by atoms with Crippen LogP contribution in [0, 0.1) is 13.8 Å². The predicted octanol–water partition coefficient (Wildman–Crippen LogP) is 3.31. The summed E-state index contributed by atoms with van der Waals surface area (Å²) in [5.74, 6) is 0.494. The van der Waals surface area contributed by atoms with Crippen LogP contribution in [-0.4, -0.2) is 32.6 Å². The number of rotatable bonds is 6. The first-order chi connectivity index (χ1) is 12.4. The van der Waals surface area contributed by atoms with E-state index in [2.05, 4.69) is 5.32 Å². The zero-order valence-electron chi connectivity index (χ0n) is 15.8. The van der Waals surface area contributed by atoms with Gasteiger partial charge in [-0.3, -0.25) is 14.5 Å². The maximum atomic E-state index is 12.5. The van der Waals surface area contributed by atoms with Crippen molar-refractivity contribution in [2.24, 2.45) is 0 Å². The van der Waals surface area contributed by atoms with Crippen molar-refractivity contribution in [1.82, 2.24) is 0 Å². The first kappa shape index (κ1) is 19.3. The van der Waals surface area contributed by atoms with Crippen LogP contribution in [0.1, 0.15) is 18.1 Å². The lowest BCUT2D eigenvalue weighted by molar-refractivity contribution is -0.120. The molecule has 0 heterocycles. The van der Waals surface area contributed by atoms with Crippen LogP contribution in [0.3, 0.4) is 0 Å². The fraction of sp³-hybridized carbons (Fsp3) is 0.300. The number of carbonyl (C=O) groups is 2. The number of aryl methyl sites for hydroxylation is 1. The highest BCUT2D eigenvalue weighted by Gasteiger charge is 2.20. The Bertz CT molecular complexity index is 817. The van der Waals surface area contributed by atoms with E-state index in [-0.39, 0.29) is 18.4 Å². The Labute approximate surface area is 153 Å². The van der Waals surface area contributed by atoms with Crippen molar-refractivity contribution < 1.29 is 19.1 Å². The van der Waals surface area contributed by atoms with Crippen molar-refractivity contribution in [2.45, 2.75) is 20.8 Å². The second kappa shape index (κ2) is 8.38. The van der Waals surface area contributed by atoms with E-state index in [9.17, 15) is 9.59 Å². The average molecular weight is 356 g/mol. The second-order valence-corrected chi connectivity index (χ2v) is 5.94. The summed E-state index contributed by atoms with van der Waals surface area (Å²) in [7, 11) is 3.05. The number of hydrogen-bond donors (Lipinski definition) is 1. The van der Waals surface area contributed by atoms with E-state index in [1.165, 1.54) is 26.0 Å². The lowest BCUT2D eigenvalue weighted by atomic mass is 10.1. The number of amides is 2. The smallest absolute Gasteiger partial charge is 0.244 e. The molecule has 6 nitrogen and oxygen atoms in total. The fourth-order valence-corrected chi connectivity index (χ4v) is 2.59. The molecule has 0 saturated carbocycles. The van der Waals surface area contributed by atoms with Gasteiger partial charge in [-0.2, -0.15) is 0 Å². The van der Waals surface area contributed by atoms with Crippen molar-refractivity contribution >= 4 is 23.2 Å². The highest BCUT2D eigenvalue weighted by atomic mass is 16.5. The van der Waals surface area contributed by atoms with Gasteiger partial charge in [-0.1, -0.05) is 12.1 Å². The third kappa shape index (κ3) is 4.33. The molecule has 1 N–H and O–H groups in total. The highest BCUT2D eigenvalue weighted by molar-refractivity contribution is 6.03. The monoisotopic (exact) mass is 356 g/mol. The lowest BCUT2D eigenvalue weighted by Gasteiger charge is -2.23. The Morgan fingerprint density at radius 3 is 2.42 bits per heavy atom. The summed E-state index contributed by atoms with van der Waals surface area (Å²) >= 11 is 0. The van der Waals surface area contributed by atoms with Crippen LogP contribution >= 0.6 is 0 Å². The molecule has 0 aliphatic carbocycles. The third-order valence-corrected chi connectivity index (χ3v) is 4.24. The zero-order chi connectivity index (χ0) is 19.3. The van der Waals surface area contributed by atoms with Crippen LogP contribution < -0.4 is 19.7 Å². The molecule has 0 aromatic heterocycles. The van der Waals surface area contributed by atoms with Crippen molar-refractivity contribution in [2.75, 3.05) is 31.0 Å². The molecule has 2 rings (SSSR count). The van der Waals surface area contributed by atoms with Crippen LogP contribution in [0.4, 0.5) is 11.4 Å². The molecular weight excluding hydrogens is 332 g/mol. The van der Waals surface area contributed by atoms with Gasteiger partial charge in [0, 0.05) is 18.7 Å². The van der Waals surface area contributed by atoms with Crippen LogP contribution in [0.5, 0.6) is 11.5 Å². The van der Waals surface area contributed by atoms with Gasteiger partial charge in [-0.25, -0.2) is 0 Å². The minimum absolute atomic E-state index is 0.133. The molecule has 0 saturated heterocycles. The molecule has 2 amide bonds. The van der Waals surface area contributed by atoms with Gasteiger partial charge in [0.05, 0.1) is 19.9 Å². The number of nitrogens with zero attached hydrogens (tertiary/aromatic N) is 1. The van der Waals surface area contributed by atoms with Crippen LogP contribution in [-0.2, 0) is 9.59 Å². The quantitative estimate of drug-likeness (QED) is 0.862. The van der Waals surface area contributed by atoms with Crippen LogP contribution in [0.2, 0.25) is 0 Å². The standard InChI is InChI=1S/C20H24N2O4/c1-13-7-6-8-17(14(13)2)21-20(24)12-22(15(3)23)18-11-16(25-4)9-10-19(18)26-5/h6-11H,12H2,1-5H3,(H,21,24). The molecule has 6 heteroatoms. The van der Waals surface area contributed by atoms with Crippen molar-refractivity contribution in [3.8, 4) is 11.5 Å². The van der Waals surface area contributed by atoms with Crippen molar-refractivity contribution in [3.05, 3.63) is 47.5 Å². The Hall–Kier alpha value is -3.02. The summed E-state index contributed by atoms with van der Waals surface area (Å²) in [5.41, 5.74) is 3.29. The number of ether oxygens (including phenoxy) is 2. The lowest BCUT2D eigenvalue weighted by Crippen LogP contribution is -2.37. The first-order valence-electron chi connectivity index (χ1n) is 8.23. The molecule has 2 aromatic carbocycles. The van der Waals surface area contributed by atoms with Gasteiger partial charge in [0.15, 0.2) is 0 Å². The predicted molar refractivity (Wildman–Crippen MR) is 102 cm³/mol. The largest absolute Gasteiger partial charge is 0.497 e. The molecule has 0 spiro atoms. The van der Waals surface area contributed by atoms with Crippen LogP contribution in [0.25, 0.3) is 0 Å². The molecule has 0 fully saturated rings. The van der Waals surface area contributed by atoms with Gasteiger partial charge in [0.25, 0.3) is 0 Å². The highest BCUT2D eigenvalue weighted by Crippen LogP contribution is 2.32. The molecule has 0 bridgehead atoms. The SMILES string of the molecule is COc1ccc(OC)c(N(CC(=O)Nc2cccc(C)c2C)C(C)=O)c1. The van der Waals surface area contributed by atoms with Gasteiger partial charge in [-0.15, -0.1) is 0 Å². The number of benzene rings is 2. The van der Waals surface area contributed by atoms with Gasteiger partial charge >= 0.3 is 0 Å². The number of carbonyl (C=O) groups excluding carboxylic acids is 2. The van der Waals surface area contributed by atoms with Gasteiger partial charge in [0.2, 0.25) is 11.8 Å². The average Bonchev–Trinajstić information content (AvgIpc) is 2.62. The maximum absolute atomic E-state index is 12.5. The fourth-order valence-electron chi connectivity index (χ4n) is 2.59. The topological polar surface area (TPSA) is 67.9 Å². The Kier molecular flexibility index (Phi) is 6.22. The van der Waals surface area contributed by atoms with Crippen molar-refractivity contribution in [1.29, 1.82) is 0 Å². The maximum Gasteiger partial charge on any atom is 0.244 e. The number of hydrogen-bond acceptors (Lipinski definition) is 4. The summed E-state index contributed by atoms with van der Waals surface area (Å²) in [6.07, 6.45) is 0. The summed E-state index contributed by atoms with van der Waals surface area (Å²) in [4.78, 5) is 26.1. The molecule has 26 heavy (non-hydrogen) atoms. The number of nitrogens with one attached hydrogen (secondary N) is 1. The van der Waals surface area contributed by atoms with Crippen LogP contribution in [0.15, 0.2) is 36.4 Å². The molecule has 0 unspecified atom stereocenters. The number of methoxy groups -OCH3 is 2. The van der Waals surface area contributed by atoms with E-state index in [0.29, 0.717) is 17.2 Å². The molecular formula is C20H24N2O4. The first-order valence-corrected chi connectivity index (χ1v) is 8.23. The van der Waals surface area contributed by atoms with E-state index in [0.717, 1.165) is 16.8 Å². The Morgan fingerprint density at radius 2 is 1.81 bits per heavy atom. The Balaban J connectivity index is 2.27. The molecule has 0 atom stereocenters. The summed E-state index contributed by atoms with van der Waals surface area (Å²) < 4.78 is 10.5. The number of anilines is 2. The molecule has 0 aliphatic heterocycles. The molecule has 0 radical (unpaired) electrons. The van der Waals surface area contributed by atoms with Gasteiger partial charge in [0.1, 0.15) is 18.0 Å². The third-order valence-electron chi connectivity index (χ3n) is 4.24. The van der Waals surface area contributed by atoms with E-state index >= 15 is 0 Å². The molecule has 0 aliphatic rings. The van der Waals surface area contributed by atoms with E-state index in [1.54, 1.807) is 18.2 Å². The normalized spacial score (nSPS) is 10.2. The summed E-state index contributed by atoms with van der Waals surface area (Å²) in [6.45, 7) is 5.20. The summed E-state index contributed by atoms with van der Waals surface area (Å²) in [5, 5.41) is 2.87. The van der Waals surface area contributed by atoms with Gasteiger partial charge in [-0.05, 0) is 43.2 Å². The van der Waals surface area contributed by atoms with E-state index < -0.39 is 0 Å².